The van der Waals surface area contributed by atoms with Crippen LogP contribution in [0.2, 0.25) is 0 Å². The molecule has 1 aromatic rings. The highest BCUT2D eigenvalue weighted by Gasteiger charge is 2.32. The summed E-state index contributed by atoms with van der Waals surface area (Å²) in [6, 6.07) is 3.93. The minimum atomic E-state index is -0.441. The number of nitrogens with two attached hydrogens (primary N) is 1. The molecule has 2 fully saturated rings. The first-order valence-corrected chi connectivity index (χ1v) is 10.1. The van der Waals surface area contributed by atoms with Crippen molar-refractivity contribution in [1.82, 2.24) is 15.2 Å². The molecular weight excluding hydrogens is 358 g/mol. The number of hydrogen-bond acceptors (Lipinski definition) is 6. The van der Waals surface area contributed by atoms with Gasteiger partial charge in [-0.1, -0.05) is 0 Å². The Morgan fingerprint density at radius 3 is 2.79 bits per heavy atom. The van der Waals surface area contributed by atoms with E-state index in [1.165, 1.54) is 0 Å². The number of carbonyl (C=O) groups excluding carboxylic acids is 2. The molecule has 3 rings (SSSR count). The highest BCUT2D eigenvalue weighted by molar-refractivity contribution is 5.97. The first-order valence-electron chi connectivity index (χ1n) is 10.1. The molecule has 28 heavy (non-hydrogen) atoms. The number of piperidine rings is 2. The van der Waals surface area contributed by atoms with Crippen LogP contribution >= 0.6 is 0 Å². The molecule has 3 heterocycles. The fraction of sp³-hybridized carbons (Fsp3) is 0.650. The van der Waals surface area contributed by atoms with E-state index in [0.29, 0.717) is 30.6 Å². The molecule has 154 valence electrons. The number of aromatic nitrogens is 1. The molecule has 2 amide bonds. The van der Waals surface area contributed by atoms with Crippen molar-refractivity contribution in [1.29, 1.82) is 0 Å². The lowest BCUT2D eigenvalue weighted by Crippen LogP contribution is -2.51. The topological polar surface area (TPSA) is 101 Å². The van der Waals surface area contributed by atoms with Crippen LogP contribution in [0.1, 0.15) is 36.0 Å². The van der Waals surface area contributed by atoms with Crippen molar-refractivity contribution in [2.75, 3.05) is 51.3 Å². The van der Waals surface area contributed by atoms with Gasteiger partial charge in [-0.2, -0.15) is 0 Å². The number of ether oxygens (including phenoxy) is 1. The van der Waals surface area contributed by atoms with Gasteiger partial charge in [0.15, 0.2) is 0 Å². The normalized spacial score (nSPS) is 21.5. The van der Waals surface area contributed by atoms with Crippen molar-refractivity contribution in [3.8, 4) is 0 Å². The zero-order chi connectivity index (χ0) is 19.9. The molecule has 0 radical (unpaired) electrons. The first-order chi connectivity index (χ1) is 13.6. The number of methoxy groups -OCH3 is 1. The average Bonchev–Trinajstić information content (AvgIpc) is 2.74. The van der Waals surface area contributed by atoms with Crippen LogP contribution in [-0.4, -0.2) is 74.2 Å². The Labute approximate surface area is 166 Å². The maximum Gasteiger partial charge on any atom is 0.252 e. The van der Waals surface area contributed by atoms with E-state index in [-0.39, 0.29) is 11.8 Å². The average molecular weight is 390 g/mol. The van der Waals surface area contributed by atoms with Crippen LogP contribution in [0.5, 0.6) is 0 Å². The largest absolute Gasteiger partial charge is 0.383 e. The number of amides is 2. The van der Waals surface area contributed by atoms with Gasteiger partial charge >= 0.3 is 0 Å². The summed E-state index contributed by atoms with van der Waals surface area (Å²) in [5.74, 6) is 0.436. The summed E-state index contributed by atoms with van der Waals surface area (Å²) in [5, 5.41) is 2.97. The Kier molecular flexibility index (Phi) is 7.22. The van der Waals surface area contributed by atoms with Gasteiger partial charge in [-0.15, -0.1) is 0 Å². The maximum atomic E-state index is 12.4. The van der Waals surface area contributed by atoms with Gasteiger partial charge < -0.3 is 20.7 Å². The van der Waals surface area contributed by atoms with Crippen molar-refractivity contribution >= 4 is 17.6 Å². The molecule has 0 spiro atoms. The molecule has 1 atom stereocenters. The molecule has 0 saturated carbocycles. The third-order valence-electron chi connectivity index (χ3n) is 5.76. The highest BCUT2D eigenvalue weighted by Crippen LogP contribution is 2.27. The molecule has 8 nitrogen and oxygen atoms in total. The van der Waals surface area contributed by atoms with Gasteiger partial charge in [0.1, 0.15) is 5.82 Å². The zero-order valence-corrected chi connectivity index (χ0v) is 16.6. The van der Waals surface area contributed by atoms with E-state index in [1.807, 2.05) is 0 Å². The second kappa shape index (κ2) is 9.84. The summed E-state index contributed by atoms with van der Waals surface area (Å²) in [4.78, 5) is 33.1. The Balaban J connectivity index is 1.53. The van der Waals surface area contributed by atoms with Gasteiger partial charge in [0.2, 0.25) is 5.91 Å². The van der Waals surface area contributed by atoms with Crippen LogP contribution in [0, 0.1) is 5.92 Å². The van der Waals surface area contributed by atoms with Gasteiger partial charge in [-0.3, -0.25) is 14.5 Å². The zero-order valence-electron chi connectivity index (χ0n) is 16.6. The second-order valence-electron chi connectivity index (χ2n) is 7.57. The third kappa shape index (κ3) is 4.99. The molecule has 3 N–H and O–H groups in total. The molecule has 1 aromatic heterocycles. The van der Waals surface area contributed by atoms with Gasteiger partial charge in [-0.25, -0.2) is 4.98 Å². The number of carbonyl (C=O) groups is 2. The minimum Gasteiger partial charge on any atom is -0.383 e. The van der Waals surface area contributed by atoms with Gasteiger partial charge in [0, 0.05) is 45.5 Å². The minimum absolute atomic E-state index is 0.0564. The lowest BCUT2D eigenvalue weighted by atomic mass is 9.93. The van der Waals surface area contributed by atoms with E-state index in [0.717, 1.165) is 51.9 Å². The smallest absolute Gasteiger partial charge is 0.252 e. The monoisotopic (exact) mass is 389 g/mol. The van der Waals surface area contributed by atoms with E-state index < -0.39 is 5.91 Å². The lowest BCUT2D eigenvalue weighted by Gasteiger charge is -2.42. The van der Waals surface area contributed by atoms with Crippen LogP contribution in [0.15, 0.2) is 18.3 Å². The summed E-state index contributed by atoms with van der Waals surface area (Å²) in [6.07, 6.45) is 5.68. The fourth-order valence-corrected chi connectivity index (χ4v) is 4.26. The van der Waals surface area contributed by atoms with Crippen molar-refractivity contribution in [3.63, 3.8) is 0 Å². The predicted molar refractivity (Wildman–Crippen MR) is 107 cm³/mol. The standard InChI is InChI=1S/C20H31N5O3/c1-28-13-9-23-20(27)15-4-3-10-25(14-15)16-6-11-24(12-7-16)19-17(18(21)26)5-2-8-22-19/h2,5,8,15-16H,3-4,6-7,9-14H2,1H3,(H2,21,26)(H,23,27)/t15-/m0/s1. The van der Waals surface area contributed by atoms with E-state index in [9.17, 15) is 9.59 Å². The van der Waals surface area contributed by atoms with Crippen LogP contribution in [0.3, 0.4) is 0 Å². The molecule has 0 aliphatic carbocycles. The lowest BCUT2D eigenvalue weighted by molar-refractivity contribution is -0.127. The SMILES string of the molecule is COCCNC(=O)[C@H]1CCCN(C2CCN(c3ncccc3C(N)=O)CC2)C1. The summed E-state index contributed by atoms with van der Waals surface area (Å²) in [5.41, 5.74) is 5.97. The molecular formula is C20H31N5O3. The molecule has 2 aliphatic rings. The van der Waals surface area contributed by atoms with Crippen LogP contribution in [0.4, 0.5) is 5.82 Å². The summed E-state index contributed by atoms with van der Waals surface area (Å²) >= 11 is 0. The quantitative estimate of drug-likeness (QED) is 0.663. The number of pyridine rings is 1. The fourth-order valence-electron chi connectivity index (χ4n) is 4.26. The van der Waals surface area contributed by atoms with E-state index in [1.54, 1.807) is 25.4 Å². The number of nitrogens with zero attached hydrogens (tertiary/aromatic N) is 3. The highest BCUT2D eigenvalue weighted by atomic mass is 16.5. The number of likely N-dealkylation sites (tertiary alicyclic amines) is 1. The van der Waals surface area contributed by atoms with E-state index in [2.05, 4.69) is 20.1 Å². The number of rotatable bonds is 7. The molecule has 2 saturated heterocycles. The third-order valence-corrected chi connectivity index (χ3v) is 5.76. The number of anilines is 1. The molecule has 2 aliphatic heterocycles. The van der Waals surface area contributed by atoms with Crippen molar-refractivity contribution in [2.45, 2.75) is 31.7 Å². The molecule has 0 unspecified atom stereocenters. The van der Waals surface area contributed by atoms with Crippen molar-refractivity contribution in [2.24, 2.45) is 11.7 Å². The molecule has 0 aromatic carbocycles. The second-order valence-corrected chi connectivity index (χ2v) is 7.57. The Morgan fingerprint density at radius 2 is 2.07 bits per heavy atom. The molecule has 0 bridgehead atoms. The summed E-state index contributed by atoms with van der Waals surface area (Å²) in [7, 11) is 1.64. The van der Waals surface area contributed by atoms with Crippen LogP contribution in [-0.2, 0) is 9.53 Å². The van der Waals surface area contributed by atoms with Crippen LogP contribution < -0.4 is 16.0 Å². The van der Waals surface area contributed by atoms with Crippen molar-refractivity contribution < 1.29 is 14.3 Å². The molecule has 8 heteroatoms. The maximum absolute atomic E-state index is 12.4. The summed E-state index contributed by atoms with van der Waals surface area (Å²) in [6.45, 7) is 4.65. The van der Waals surface area contributed by atoms with Gasteiger partial charge in [0.05, 0.1) is 18.1 Å². The number of nitrogens with one attached hydrogen (secondary N) is 1. The first kappa shape index (κ1) is 20.5. The van der Waals surface area contributed by atoms with Gasteiger partial charge in [0.25, 0.3) is 5.91 Å². The van der Waals surface area contributed by atoms with E-state index in [4.69, 9.17) is 10.5 Å². The summed E-state index contributed by atoms with van der Waals surface area (Å²) < 4.78 is 5.00. The Bertz CT molecular complexity index is 676. The number of primary amides is 1. The van der Waals surface area contributed by atoms with Crippen molar-refractivity contribution in [3.05, 3.63) is 23.9 Å². The van der Waals surface area contributed by atoms with Crippen LogP contribution in [0.25, 0.3) is 0 Å². The Morgan fingerprint density at radius 1 is 1.29 bits per heavy atom. The van der Waals surface area contributed by atoms with Gasteiger partial charge in [-0.05, 0) is 44.4 Å². The Hall–Kier alpha value is -2.19. The number of hydrogen-bond donors (Lipinski definition) is 2. The predicted octanol–water partition coefficient (Wildman–Crippen LogP) is 0.624. The van der Waals surface area contributed by atoms with E-state index >= 15 is 0 Å².